The van der Waals surface area contributed by atoms with Crippen LogP contribution in [0.1, 0.15) is 34.4 Å². The predicted molar refractivity (Wildman–Crippen MR) is 106 cm³/mol. The molecule has 0 saturated carbocycles. The zero-order valence-corrected chi connectivity index (χ0v) is 17.1. The summed E-state index contributed by atoms with van der Waals surface area (Å²) in [6.07, 6.45) is 1.45. The number of carbonyl (C=O) groups excluding carboxylic acids is 1. The molecule has 3 aromatic heterocycles. The van der Waals surface area contributed by atoms with Gasteiger partial charge in [0.15, 0.2) is 5.65 Å². The van der Waals surface area contributed by atoms with Crippen LogP contribution >= 0.6 is 0 Å². The Hall–Kier alpha value is -3.27. The van der Waals surface area contributed by atoms with Crippen LogP contribution in [-0.4, -0.2) is 67.0 Å². The molecule has 0 fully saturated rings. The first-order chi connectivity index (χ1) is 14.0. The van der Waals surface area contributed by atoms with Crippen molar-refractivity contribution in [2.75, 3.05) is 20.3 Å². The summed E-state index contributed by atoms with van der Waals surface area (Å²) in [6.45, 7) is 8.04. The largest absolute Gasteiger partial charge is 0.483 e. The third-order valence-electron chi connectivity index (χ3n) is 4.55. The topological polar surface area (TPSA) is 115 Å². The van der Waals surface area contributed by atoms with Gasteiger partial charge in [-0.1, -0.05) is 6.07 Å². The Labute approximate surface area is 168 Å². The molecule has 29 heavy (non-hydrogen) atoms. The monoisotopic (exact) mass is 402 g/mol. The van der Waals surface area contributed by atoms with Crippen LogP contribution in [0.2, 0.25) is 0 Å². The zero-order chi connectivity index (χ0) is 21.4. The molecule has 1 amide bonds. The molecule has 0 atom stereocenters. The highest BCUT2D eigenvalue weighted by Crippen LogP contribution is 2.17. The van der Waals surface area contributed by atoms with E-state index in [1.165, 1.54) is 6.33 Å². The molecule has 156 valence electrons. The van der Waals surface area contributed by atoms with Crippen LogP contribution in [0.25, 0.3) is 5.65 Å². The van der Waals surface area contributed by atoms with Crippen molar-refractivity contribution in [2.24, 2.45) is 0 Å². The van der Waals surface area contributed by atoms with Crippen molar-refractivity contribution in [3.63, 3.8) is 0 Å². The summed E-state index contributed by atoms with van der Waals surface area (Å²) in [5, 5.41) is 15.6. The Balaban J connectivity index is 0.000000941. The van der Waals surface area contributed by atoms with Gasteiger partial charge in [0.05, 0.1) is 12.3 Å². The van der Waals surface area contributed by atoms with Crippen LogP contribution in [0.4, 0.5) is 0 Å². The molecular formula is C19H26N6O4. The molecule has 0 aliphatic carbocycles. The molecule has 0 spiro atoms. The van der Waals surface area contributed by atoms with E-state index in [1.54, 1.807) is 22.6 Å². The number of pyridine rings is 1. The maximum atomic E-state index is 13.2. The average Bonchev–Trinajstić information content (AvgIpc) is 3.30. The standard InChI is InChI=1S/C18H24N6O2.CH2O2/c1-5-23-14(3)15(13(2)21-23)11-22(9-10-26-4)18(25)16-7-6-8-17-19-12-20-24(16)17;2-1-3/h6-8,12H,5,9-11H2,1-4H3;1H,(H,2,3). The third-order valence-corrected chi connectivity index (χ3v) is 4.55. The van der Waals surface area contributed by atoms with Gasteiger partial charge < -0.3 is 14.7 Å². The molecule has 0 aromatic carbocycles. The number of carbonyl (C=O) groups is 2. The van der Waals surface area contributed by atoms with Gasteiger partial charge in [-0.3, -0.25) is 14.3 Å². The maximum absolute atomic E-state index is 13.2. The van der Waals surface area contributed by atoms with Crippen LogP contribution in [0.3, 0.4) is 0 Å². The van der Waals surface area contributed by atoms with Crippen molar-refractivity contribution >= 4 is 18.0 Å². The smallest absolute Gasteiger partial charge is 0.290 e. The fourth-order valence-corrected chi connectivity index (χ4v) is 3.08. The normalized spacial score (nSPS) is 10.5. The average molecular weight is 402 g/mol. The number of fused-ring (bicyclic) bond motifs is 1. The third kappa shape index (κ3) is 4.96. The zero-order valence-electron chi connectivity index (χ0n) is 17.1. The van der Waals surface area contributed by atoms with Crippen LogP contribution in [0.15, 0.2) is 24.5 Å². The first-order valence-corrected chi connectivity index (χ1v) is 9.16. The fraction of sp³-hybridized carbons (Fsp3) is 0.421. The molecule has 0 aliphatic heterocycles. The van der Waals surface area contributed by atoms with E-state index in [2.05, 4.69) is 22.1 Å². The number of aromatic nitrogens is 5. The number of ether oxygens (including phenoxy) is 1. The maximum Gasteiger partial charge on any atom is 0.290 e. The lowest BCUT2D eigenvalue weighted by atomic mass is 10.1. The molecule has 3 rings (SSSR count). The lowest BCUT2D eigenvalue weighted by molar-refractivity contribution is -0.122. The molecule has 0 radical (unpaired) electrons. The van der Waals surface area contributed by atoms with Crippen molar-refractivity contribution in [1.82, 2.24) is 29.3 Å². The second-order valence-electron chi connectivity index (χ2n) is 6.23. The number of amides is 1. The van der Waals surface area contributed by atoms with Crippen molar-refractivity contribution in [1.29, 1.82) is 0 Å². The molecule has 3 aromatic rings. The molecule has 1 N–H and O–H groups in total. The summed E-state index contributed by atoms with van der Waals surface area (Å²) in [7, 11) is 1.63. The number of rotatable bonds is 7. The van der Waals surface area contributed by atoms with E-state index in [4.69, 9.17) is 14.6 Å². The number of methoxy groups -OCH3 is 1. The van der Waals surface area contributed by atoms with Crippen molar-refractivity contribution in [3.8, 4) is 0 Å². The fourth-order valence-electron chi connectivity index (χ4n) is 3.08. The van der Waals surface area contributed by atoms with Crippen LogP contribution < -0.4 is 0 Å². The van der Waals surface area contributed by atoms with Crippen molar-refractivity contribution < 1.29 is 19.4 Å². The molecule has 0 bridgehead atoms. The summed E-state index contributed by atoms with van der Waals surface area (Å²) < 4.78 is 8.73. The molecule has 3 heterocycles. The first kappa shape index (κ1) is 22.0. The van der Waals surface area contributed by atoms with E-state index < -0.39 is 0 Å². The van der Waals surface area contributed by atoms with Gasteiger partial charge in [0.25, 0.3) is 12.4 Å². The van der Waals surface area contributed by atoms with Crippen LogP contribution in [-0.2, 0) is 22.6 Å². The van der Waals surface area contributed by atoms with Crippen LogP contribution in [0, 0.1) is 13.8 Å². The minimum atomic E-state index is -0.250. The van der Waals surface area contributed by atoms with E-state index in [0.717, 1.165) is 23.5 Å². The number of carboxylic acid groups (broad SMARTS) is 1. The number of hydrogen-bond donors (Lipinski definition) is 1. The summed E-state index contributed by atoms with van der Waals surface area (Å²) in [5.74, 6) is -0.110. The summed E-state index contributed by atoms with van der Waals surface area (Å²) >= 11 is 0. The molecule has 0 aliphatic rings. The minimum Gasteiger partial charge on any atom is -0.483 e. The van der Waals surface area contributed by atoms with Gasteiger partial charge in [0.1, 0.15) is 12.0 Å². The summed E-state index contributed by atoms with van der Waals surface area (Å²) in [6, 6.07) is 5.40. The van der Waals surface area contributed by atoms with Crippen LogP contribution in [0.5, 0.6) is 0 Å². The van der Waals surface area contributed by atoms with Gasteiger partial charge in [0.2, 0.25) is 0 Å². The summed E-state index contributed by atoms with van der Waals surface area (Å²) in [4.78, 5) is 27.5. The number of nitrogens with zero attached hydrogens (tertiary/aromatic N) is 6. The number of hydrogen-bond acceptors (Lipinski definition) is 6. The molecule has 0 unspecified atom stereocenters. The van der Waals surface area contributed by atoms with E-state index in [1.807, 2.05) is 30.7 Å². The highest BCUT2D eigenvalue weighted by atomic mass is 16.5. The van der Waals surface area contributed by atoms with Gasteiger partial charge in [-0.15, -0.1) is 0 Å². The Kier molecular flexibility index (Phi) is 7.84. The second-order valence-corrected chi connectivity index (χ2v) is 6.23. The van der Waals surface area contributed by atoms with Gasteiger partial charge >= 0.3 is 0 Å². The SMILES string of the molecule is CCn1nc(C)c(CN(CCOC)C(=O)c2cccc3ncnn23)c1C.O=CO. The van der Waals surface area contributed by atoms with E-state index in [9.17, 15) is 4.79 Å². The van der Waals surface area contributed by atoms with Gasteiger partial charge in [-0.2, -0.15) is 10.2 Å². The molecular weight excluding hydrogens is 376 g/mol. The quantitative estimate of drug-likeness (QED) is 0.596. The first-order valence-electron chi connectivity index (χ1n) is 9.16. The molecule has 0 saturated heterocycles. The lowest BCUT2D eigenvalue weighted by Gasteiger charge is -2.23. The Bertz CT molecular complexity index is 965. The lowest BCUT2D eigenvalue weighted by Crippen LogP contribution is -2.35. The Morgan fingerprint density at radius 3 is 2.69 bits per heavy atom. The molecule has 10 heteroatoms. The Morgan fingerprint density at radius 2 is 2.07 bits per heavy atom. The van der Waals surface area contributed by atoms with Crippen molar-refractivity contribution in [2.45, 2.75) is 33.9 Å². The Morgan fingerprint density at radius 1 is 1.34 bits per heavy atom. The van der Waals surface area contributed by atoms with Crippen molar-refractivity contribution in [3.05, 3.63) is 47.2 Å². The van der Waals surface area contributed by atoms with Gasteiger partial charge in [-0.05, 0) is 32.9 Å². The van der Waals surface area contributed by atoms with Gasteiger partial charge in [0, 0.05) is 38.0 Å². The van der Waals surface area contributed by atoms with E-state index >= 15 is 0 Å². The minimum absolute atomic E-state index is 0.110. The second kappa shape index (κ2) is 10.3. The predicted octanol–water partition coefficient (Wildman–Crippen LogP) is 1.55. The van der Waals surface area contributed by atoms with E-state index in [0.29, 0.717) is 31.0 Å². The summed E-state index contributed by atoms with van der Waals surface area (Å²) in [5.41, 5.74) is 4.22. The van der Waals surface area contributed by atoms with Gasteiger partial charge in [-0.25, -0.2) is 9.50 Å². The highest BCUT2D eigenvalue weighted by molar-refractivity contribution is 5.93. The van der Waals surface area contributed by atoms with E-state index in [-0.39, 0.29) is 12.4 Å². The number of aryl methyl sites for hydroxylation is 2. The highest BCUT2D eigenvalue weighted by Gasteiger charge is 2.22. The molecule has 10 nitrogen and oxygen atoms in total.